The van der Waals surface area contributed by atoms with E-state index in [0.29, 0.717) is 6.54 Å². The van der Waals surface area contributed by atoms with Gasteiger partial charge in [-0.15, -0.1) is 11.3 Å². The number of nitrogens with zero attached hydrogens (tertiary/aromatic N) is 3. The fourth-order valence-corrected chi connectivity index (χ4v) is 2.97. The van der Waals surface area contributed by atoms with Crippen molar-refractivity contribution in [2.24, 2.45) is 0 Å². The van der Waals surface area contributed by atoms with Gasteiger partial charge in [0.2, 0.25) is 0 Å². The molecule has 1 atom stereocenters. The fraction of sp³-hybridized carbons (Fsp3) is 0.533. The fourth-order valence-electron chi connectivity index (χ4n) is 2.20. The number of aromatic amines is 1. The Morgan fingerprint density at radius 1 is 1.50 bits per heavy atom. The summed E-state index contributed by atoms with van der Waals surface area (Å²) in [5.74, 6) is 0. The number of urea groups is 1. The number of amides is 2. The van der Waals surface area contributed by atoms with E-state index in [1.54, 1.807) is 16.2 Å². The molecule has 0 bridgehead atoms. The lowest BCUT2D eigenvalue weighted by Gasteiger charge is -2.20. The SMILES string of the molecule is Cc1cc(CC(C)NC(=O)N(C)CCc2scnc2C)n[nH]1. The molecule has 2 N–H and O–H groups in total. The minimum Gasteiger partial charge on any atom is -0.335 e. The summed E-state index contributed by atoms with van der Waals surface area (Å²) in [7, 11) is 1.82. The minimum atomic E-state index is -0.0538. The molecule has 2 heterocycles. The number of rotatable bonds is 6. The van der Waals surface area contributed by atoms with Crippen LogP contribution in [0.4, 0.5) is 4.79 Å². The smallest absolute Gasteiger partial charge is 0.317 e. The van der Waals surface area contributed by atoms with E-state index in [1.807, 2.05) is 39.4 Å². The number of nitrogens with one attached hydrogen (secondary N) is 2. The second-order valence-electron chi connectivity index (χ2n) is 5.63. The number of aromatic nitrogens is 3. The zero-order valence-corrected chi connectivity index (χ0v) is 14.3. The van der Waals surface area contributed by atoms with E-state index < -0.39 is 0 Å². The molecule has 2 aromatic heterocycles. The molecule has 2 amide bonds. The Labute approximate surface area is 135 Å². The van der Waals surface area contributed by atoms with Gasteiger partial charge in [-0.05, 0) is 26.8 Å². The first-order valence-electron chi connectivity index (χ1n) is 7.37. The van der Waals surface area contributed by atoms with Crippen LogP contribution in [0, 0.1) is 13.8 Å². The first kappa shape index (κ1) is 16.5. The van der Waals surface area contributed by atoms with Gasteiger partial charge in [-0.2, -0.15) is 5.10 Å². The quantitative estimate of drug-likeness (QED) is 0.857. The number of thiazole rings is 1. The largest absolute Gasteiger partial charge is 0.335 e. The maximum atomic E-state index is 12.2. The van der Waals surface area contributed by atoms with Crippen molar-refractivity contribution in [2.75, 3.05) is 13.6 Å². The van der Waals surface area contributed by atoms with Crippen molar-refractivity contribution in [1.82, 2.24) is 25.4 Å². The summed E-state index contributed by atoms with van der Waals surface area (Å²) in [6, 6.07) is 1.99. The van der Waals surface area contributed by atoms with Gasteiger partial charge in [-0.1, -0.05) is 0 Å². The van der Waals surface area contributed by atoms with Crippen LogP contribution < -0.4 is 5.32 Å². The maximum absolute atomic E-state index is 12.2. The van der Waals surface area contributed by atoms with Crippen molar-refractivity contribution in [1.29, 1.82) is 0 Å². The van der Waals surface area contributed by atoms with Gasteiger partial charge in [0.15, 0.2) is 0 Å². The number of carbonyl (C=O) groups excluding carboxylic acids is 1. The lowest BCUT2D eigenvalue weighted by atomic mass is 10.2. The van der Waals surface area contributed by atoms with Gasteiger partial charge in [0.25, 0.3) is 0 Å². The van der Waals surface area contributed by atoms with E-state index in [9.17, 15) is 4.79 Å². The Morgan fingerprint density at radius 3 is 2.86 bits per heavy atom. The summed E-state index contributed by atoms with van der Waals surface area (Å²) < 4.78 is 0. The van der Waals surface area contributed by atoms with Crippen LogP contribution in [0.3, 0.4) is 0 Å². The van der Waals surface area contributed by atoms with Crippen LogP contribution in [-0.2, 0) is 12.8 Å². The Kier molecular flexibility index (Phi) is 5.54. The van der Waals surface area contributed by atoms with Gasteiger partial charge < -0.3 is 10.2 Å². The molecular weight excluding hydrogens is 298 g/mol. The third kappa shape index (κ3) is 4.56. The average Bonchev–Trinajstić information content (AvgIpc) is 3.04. The van der Waals surface area contributed by atoms with Crippen molar-refractivity contribution in [3.05, 3.63) is 33.5 Å². The van der Waals surface area contributed by atoms with Crippen molar-refractivity contribution >= 4 is 17.4 Å². The molecule has 0 saturated heterocycles. The molecule has 0 radical (unpaired) electrons. The second-order valence-corrected chi connectivity index (χ2v) is 6.57. The Morgan fingerprint density at radius 2 is 2.27 bits per heavy atom. The Hall–Kier alpha value is -1.89. The van der Waals surface area contributed by atoms with Gasteiger partial charge >= 0.3 is 6.03 Å². The van der Waals surface area contributed by atoms with E-state index >= 15 is 0 Å². The average molecular weight is 321 g/mol. The molecule has 2 rings (SSSR count). The lowest BCUT2D eigenvalue weighted by Crippen LogP contribution is -2.43. The molecule has 0 aliphatic heterocycles. The standard InChI is InChI=1S/C15H23N5OS/c1-10(7-13-8-11(2)18-19-13)17-15(21)20(4)6-5-14-12(3)16-9-22-14/h8-10H,5-7H2,1-4H3,(H,17,21)(H,18,19). The highest BCUT2D eigenvalue weighted by Crippen LogP contribution is 2.13. The van der Waals surface area contributed by atoms with Gasteiger partial charge in [0.05, 0.1) is 16.9 Å². The van der Waals surface area contributed by atoms with E-state index in [-0.39, 0.29) is 12.1 Å². The van der Waals surface area contributed by atoms with Crippen molar-refractivity contribution in [2.45, 2.75) is 39.7 Å². The van der Waals surface area contributed by atoms with Crippen molar-refractivity contribution in [3.8, 4) is 0 Å². The van der Waals surface area contributed by atoms with Crippen LogP contribution in [0.2, 0.25) is 0 Å². The normalized spacial score (nSPS) is 12.2. The van der Waals surface area contributed by atoms with Crippen molar-refractivity contribution in [3.63, 3.8) is 0 Å². The molecular formula is C15H23N5OS. The topological polar surface area (TPSA) is 73.9 Å². The molecule has 22 heavy (non-hydrogen) atoms. The Balaban J connectivity index is 1.76. The number of carbonyl (C=O) groups is 1. The zero-order valence-electron chi connectivity index (χ0n) is 13.5. The second kappa shape index (κ2) is 7.40. The van der Waals surface area contributed by atoms with E-state index in [0.717, 1.165) is 29.9 Å². The maximum Gasteiger partial charge on any atom is 0.317 e. The number of hydrogen-bond donors (Lipinski definition) is 2. The van der Waals surface area contributed by atoms with Crippen LogP contribution in [-0.4, -0.2) is 45.7 Å². The van der Waals surface area contributed by atoms with E-state index in [2.05, 4.69) is 20.5 Å². The predicted octanol–water partition coefficient (Wildman–Crippen LogP) is 2.30. The van der Waals surface area contributed by atoms with Crippen LogP contribution in [0.25, 0.3) is 0 Å². The molecule has 0 spiro atoms. The van der Waals surface area contributed by atoms with Crippen LogP contribution in [0.5, 0.6) is 0 Å². The Bertz CT molecular complexity index is 621. The summed E-state index contributed by atoms with van der Waals surface area (Å²) >= 11 is 1.64. The zero-order chi connectivity index (χ0) is 16.1. The molecule has 0 fully saturated rings. The number of hydrogen-bond acceptors (Lipinski definition) is 4. The number of H-pyrrole nitrogens is 1. The minimum absolute atomic E-state index is 0.0443. The summed E-state index contributed by atoms with van der Waals surface area (Å²) in [5.41, 5.74) is 4.90. The third-order valence-electron chi connectivity index (χ3n) is 3.51. The van der Waals surface area contributed by atoms with Gasteiger partial charge in [-0.3, -0.25) is 5.10 Å². The molecule has 120 valence electrons. The van der Waals surface area contributed by atoms with Gasteiger partial charge in [0, 0.05) is 43.0 Å². The lowest BCUT2D eigenvalue weighted by molar-refractivity contribution is 0.206. The monoisotopic (exact) mass is 321 g/mol. The highest BCUT2D eigenvalue weighted by molar-refractivity contribution is 7.09. The van der Waals surface area contributed by atoms with Crippen LogP contribution in [0.15, 0.2) is 11.6 Å². The summed E-state index contributed by atoms with van der Waals surface area (Å²) in [6.45, 7) is 6.64. The van der Waals surface area contributed by atoms with E-state index in [1.165, 1.54) is 4.88 Å². The predicted molar refractivity (Wildman–Crippen MR) is 88.2 cm³/mol. The molecule has 0 aliphatic carbocycles. The van der Waals surface area contributed by atoms with E-state index in [4.69, 9.17) is 0 Å². The third-order valence-corrected chi connectivity index (χ3v) is 4.50. The molecule has 2 aromatic rings. The molecule has 0 aromatic carbocycles. The highest BCUT2D eigenvalue weighted by atomic mass is 32.1. The number of aryl methyl sites for hydroxylation is 2. The molecule has 0 saturated carbocycles. The van der Waals surface area contributed by atoms with Gasteiger partial charge in [-0.25, -0.2) is 9.78 Å². The first-order chi connectivity index (χ1) is 10.5. The summed E-state index contributed by atoms with van der Waals surface area (Å²) in [5, 5.41) is 10.1. The molecule has 0 aliphatic rings. The van der Waals surface area contributed by atoms with Crippen molar-refractivity contribution < 1.29 is 4.79 Å². The van der Waals surface area contributed by atoms with Gasteiger partial charge in [0.1, 0.15) is 0 Å². The van der Waals surface area contributed by atoms with Crippen LogP contribution in [0.1, 0.15) is 28.9 Å². The summed E-state index contributed by atoms with van der Waals surface area (Å²) in [4.78, 5) is 19.3. The highest BCUT2D eigenvalue weighted by Gasteiger charge is 2.14. The van der Waals surface area contributed by atoms with Crippen LogP contribution >= 0.6 is 11.3 Å². The first-order valence-corrected chi connectivity index (χ1v) is 8.25. The molecule has 1 unspecified atom stereocenters. The number of likely N-dealkylation sites (N-methyl/N-ethyl adjacent to an activating group) is 1. The molecule has 6 nitrogen and oxygen atoms in total. The summed E-state index contributed by atoms with van der Waals surface area (Å²) in [6.07, 6.45) is 1.56. The molecule has 7 heteroatoms.